The number of carboxylic acid groups (broad SMARTS) is 1. The summed E-state index contributed by atoms with van der Waals surface area (Å²) in [6.07, 6.45) is 6.31. The molecule has 0 spiro atoms. The van der Waals surface area contributed by atoms with Crippen molar-refractivity contribution in [3.63, 3.8) is 0 Å². The van der Waals surface area contributed by atoms with Crippen LogP contribution in [0.15, 0.2) is 24.3 Å². The Bertz CT molecular complexity index is 2800. The van der Waals surface area contributed by atoms with E-state index in [0.717, 1.165) is 9.80 Å². The molecule has 0 saturated heterocycles. The Morgan fingerprint density at radius 2 is 0.405 bits per heavy atom. The zero-order valence-electron chi connectivity index (χ0n) is 76.7. The van der Waals surface area contributed by atoms with Gasteiger partial charge < -0.3 is 164 Å². The highest BCUT2D eigenvalue weighted by Gasteiger charge is 2.26. The second-order valence-corrected chi connectivity index (χ2v) is 27.6. The number of ether oxygens (including phenoxy) is 28. The summed E-state index contributed by atoms with van der Waals surface area (Å²) in [5.74, 6) is -4.04. The molecule has 46 nitrogen and oxygen atoms in total. The van der Waals surface area contributed by atoms with Gasteiger partial charge in [0, 0.05) is 89.3 Å². The molecule has 9 amide bonds. The molecule has 131 heavy (non-hydrogen) atoms. The van der Waals surface area contributed by atoms with E-state index in [0.29, 0.717) is 363 Å². The number of unbranched alkanes of at least 4 members (excludes halogenated alkanes) is 1. The van der Waals surface area contributed by atoms with Crippen LogP contribution in [0.25, 0.3) is 0 Å². The molecule has 0 saturated carbocycles. The van der Waals surface area contributed by atoms with E-state index >= 15 is 0 Å². The Labute approximate surface area is 769 Å². The molecule has 0 unspecified atom stereocenters. The van der Waals surface area contributed by atoms with Gasteiger partial charge in [-0.2, -0.15) is 0 Å². The van der Waals surface area contributed by atoms with Gasteiger partial charge in [-0.3, -0.25) is 57.7 Å². The van der Waals surface area contributed by atoms with Gasteiger partial charge in [0.25, 0.3) is 23.6 Å². The smallest absolute Gasteiger partial charge is 0.305 e. The lowest BCUT2D eigenvalue weighted by atomic mass is 10.1. The van der Waals surface area contributed by atoms with Crippen LogP contribution >= 0.6 is 0 Å². The summed E-state index contributed by atoms with van der Waals surface area (Å²) >= 11 is 0. The van der Waals surface area contributed by atoms with Gasteiger partial charge in [-0.25, -0.2) is 0 Å². The number of aliphatic carboxylic acids is 1. The van der Waals surface area contributed by atoms with Crippen LogP contribution in [0.5, 0.6) is 0 Å². The molecule has 0 radical (unpaired) electrons. The summed E-state index contributed by atoms with van der Waals surface area (Å²) in [5, 5.41) is 22.5. The van der Waals surface area contributed by atoms with Crippen molar-refractivity contribution in [2.45, 2.75) is 57.4 Å². The van der Waals surface area contributed by atoms with E-state index in [1.54, 1.807) is 0 Å². The van der Waals surface area contributed by atoms with Crippen molar-refractivity contribution in [1.29, 1.82) is 0 Å². The number of carbonyl (C=O) groups excluding carboxylic acids is 9. The van der Waals surface area contributed by atoms with E-state index in [9.17, 15) is 47.9 Å². The van der Waals surface area contributed by atoms with Gasteiger partial charge in [0.15, 0.2) is 0 Å². The first-order chi connectivity index (χ1) is 64.4. The molecule has 0 aromatic rings. The molecule has 46 heteroatoms. The first kappa shape index (κ1) is 121. The highest BCUT2D eigenvalue weighted by atomic mass is 16.6. The fourth-order valence-corrected chi connectivity index (χ4v) is 10.4. The third-order valence-electron chi connectivity index (χ3n) is 17.2. The van der Waals surface area contributed by atoms with Gasteiger partial charge in [0.1, 0.15) is 6.04 Å². The lowest BCUT2D eigenvalue weighted by Gasteiger charge is -2.19. The molecular weight excluding hydrogens is 1740 g/mol. The van der Waals surface area contributed by atoms with Gasteiger partial charge in [-0.05, 0) is 19.3 Å². The molecule has 0 aliphatic carbocycles. The van der Waals surface area contributed by atoms with Crippen LogP contribution in [-0.2, 0) is 181 Å². The van der Waals surface area contributed by atoms with Gasteiger partial charge in [-0.1, -0.05) is 0 Å². The fraction of sp³-hybridized carbons (Fsp3) is 0.835. The lowest BCUT2D eigenvalue weighted by molar-refractivity contribution is -0.139. The standard InChI is InChI=1S/C85H151N7O39/c93-76(8-17-91-80(97)4-5-81(91)98)87-14-22-107-28-34-113-41-45-118-49-53-122-57-61-126-65-69-130-73-71-128-67-63-124-59-55-120-51-47-116-43-38-110-31-25-104-19-10-78(95)86-13-2-1-3-75(85(103)89-16-24-109-30-36-115-40-37-112-33-27-106-21-12-84(101)102)90-79(96)11-20-105-26-32-111-39-44-117-48-52-121-56-60-125-64-68-129-72-74-131-70-66-127-62-58-123-54-50-119-46-42-114-35-29-108-23-15-88-77(94)9-18-92-82(99)6-7-83(92)100/h4-7,75H,1-3,8-74H2,(H,86,95)(H,87,93)(H,88,94)(H,89,103)(H,90,96)(H,101,102)/t75-/m0/s1. The predicted molar refractivity (Wildman–Crippen MR) is 463 cm³/mol. The summed E-state index contributed by atoms with van der Waals surface area (Å²) in [5.41, 5.74) is 0. The van der Waals surface area contributed by atoms with Crippen molar-refractivity contribution in [2.75, 3.05) is 409 Å². The van der Waals surface area contributed by atoms with Gasteiger partial charge in [0.2, 0.25) is 29.5 Å². The number of rotatable bonds is 106. The number of hydrogen-bond acceptors (Lipinski definition) is 38. The quantitative estimate of drug-likeness (QED) is 0.0270. The number of hydrogen-bond donors (Lipinski definition) is 6. The van der Waals surface area contributed by atoms with Crippen LogP contribution in [0.1, 0.15) is 51.4 Å². The Morgan fingerprint density at radius 1 is 0.221 bits per heavy atom. The molecule has 2 heterocycles. The molecule has 6 N–H and O–H groups in total. The monoisotopic (exact) mass is 1890 g/mol. The maximum atomic E-state index is 13.3. The summed E-state index contributed by atoms with van der Waals surface area (Å²) in [7, 11) is 0. The van der Waals surface area contributed by atoms with Crippen LogP contribution in [0.3, 0.4) is 0 Å². The van der Waals surface area contributed by atoms with E-state index < -0.39 is 35.6 Å². The van der Waals surface area contributed by atoms with E-state index in [-0.39, 0.29) is 128 Å². The lowest BCUT2D eigenvalue weighted by Crippen LogP contribution is -2.47. The summed E-state index contributed by atoms with van der Waals surface area (Å²) in [4.78, 5) is 121. The molecule has 0 bridgehead atoms. The Balaban J connectivity index is 1.35. The average molecular weight is 1900 g/mol. The van der Waals surface area contributed by atoms with Crippen LogP contribution in [0.4, 0.5) is 0 Å². The van der Waals surface area contributed by atoms with Crippen LogP contribution < -0.4 is 26.6 Å². The number of nitrogens with zero attached hydrogens (tertiary/aromatic N) is 2. The molecule has 2 aliphatic heterocycles. The zero-order valence-corrected chi connectivity index (χ0v) is 76.7. The maximum Gasteiger partial charge on any atom is 0.305 e. The van der Waals surface area contributed by atoms with Crippen molar-refractivity contribution in [1.82, 2.24) is 36.4 Å². The highest BCUT2D eigenvalue weighted by molar-refractivity contribution is 6.13. The molecule has 0 fully saturated rings. The van der Waals surface area contributed by atoms with Gasteiger partial charge >= 0.3 is 5.97 Å². The number of nitrogens with one attached hydrogen (secondary N) is 5. The fourth-order valence-electron chi connectivity index (χ4n) is 10.4. The molecule has 760 valence electrons. The number of carbonyl (C=O) groups is 10. The van der Waals surface area contributed by atoms with Crippen LogP contribution in [0, 0.1) is 0 Å². The number of amides is 9. The topological polar surface area (TPSA) is 516 Å². The van der Waals surface area contributed by atoms with E-state index in [2.05, 4.69) is 26.6 Å². The SMILES string of the molecule is O=C(O)CCOCCOCCOCCOCCNC(=O)[C@H](CCCCNC(=O)CCOCCOCCOCCOCCOCCOCCOCCOCCOCCOCCOCCOCCNC(=O)CCN1C(=O)C=CC1=O)NC(=O)CCOCCOCCOCCOCCOCCOCCOCCOCCOCCOCCOCCOCCNC(=O)CCN1C(=O)C=CC1=O. The van der Waals surface area contributed by atoms with Crippen LogP contribution in [-0.4, -0.2) is 489 Å². The summed E-state index contributed by atoms with van der Waals surface area (Å²) in [6, 6.07) is -0.838. The third-order valence-corrected chi connectivity index (χ3v) is 17.2. The maximum absolute atomic E-state index is 13.3. The minimum Gasteiger partial charge on any atom is -0.481 e. The second-order valence-electron chi connectivity index (χ2n) is 27.6. The Hall–Kier alpha value is -6.54. The molecule has 1 atom stereocenters. The average Bonchev–Trinajstić information content (AvgIpc) is 1.89. The number of imide groups is 2. The Morgan fingerprint density at radius 3 is 0.634 bits per heavy atom. The normalized spacial score (nSPS) is 12.8. The Kier molecular flexibility index (Phi) is 87.6. The van der Waals surface area contributed by atoms with Gasteiger partial charge in [0.05, 0.1) is 376 Å². The largest absolute Gasteiger partial charge is 0.481 e. The summed E-state index contributed by atoms with van der Waals surface area (Å²) < 4.78 is 154. The second kappa shape index (κ2) is 95.2. The van der Waals surface area contributed by atoms with Crippen molar-refractivity contribution in [2.24, 2.45) is 0 Å². The molecular formula is C85H151N7O39. The highest BCUT2D eigenvalue weighted by Crippen LogP contribution is 2.07. The number of carboxylic acids is 1. The molecule has 2 rings (SSSR count). The van der Waals surface area contributed by atoms with Crippen molar-refractivity contribution in [3.8, 4) is 0 Å². The van der Waals surface area contributed by atoms with Crippen molar-refractivity contribution in [3.05, 3.63) is 24.3 Å². The minimum absolute atomic E-state index is 0.0165. The van der Waals surface area contributed by atoms with Crippen molar-refractivity contribution >= 4 is 59.1 Å². The zero-order chi connectivity index (χ0) is 94.2. The molecule has 0 aromatic carbocycles. The van der Waals surface area contributed by atoms with Crippen LogP contribution in [0.2, 0.25) is 0 Å². The van der Waals surface area contributed by atoms with E-state index in [1.807, 2.05) is 0 Å². The van der Waals surface area contributed by atoms with Gasteiger partial charge in [-0.15, -0.1) is 0 Å². The van der Waals surface area contributed by atoms with E-state index in [4.69, 9.17) is 138 Å². The van der Waals surface area contributed by atoms with E-state index in [1.165, 1.54) is 24.3 Å². The predicted octanol–water partition coefficient (Wildman–Crippen LogP) is -2.54. The summed E-state index contributed by atoms with van der Waals surface area (Å²) in [6.45, 7) is 22.0. The first-order valence-electron chi connectivity index (χ1n) is 45.2. The first-order valence-corrected chi connectivity index (χ1v) is 45.2. The minimum atomic E-state index is -0.926. The molecule has 0 aromatic heterocycles. The molecule has 2 aliphatic rings. The van der Waals surface area contributed by atoms with Crippen molar-refractivity contribution < 1.29 is 186 Å². The third kappa shape index (κ3) is 83.8.